The highest BCUT2D eigenvalue weighted by Gasteiger charge is 2.33. The first-order valence-electron chi connectivity index (χ1n) is 13.1. The van der Waals surface area contributed by atoms with E-state index in [-0.39, 0.29) is 18.0 Å². The first kappa shape index (κ1) is 24.6. The van der Waals surface area contributed by atoms with Gasteiger partial charge in [0.25, 0.3) is 0 Å². The summed E-state index contributed by atoms with van der Waals surface area (Å²) >= 11 is 0. The molecule has 174 valence electrons. The second-order valence-corrected chi connectivity index (χ2v) is 9.58. The molecular formula is C30H42O2. The zero-order valence-corrected chi connectivity index (χ0v) is 20.3. The summed E-state index contributed by atoms with van der Waals surface area (Å²) in [6, 6.07) is 18.1. The predicted molar refractivity (Wildman–Crippen MR) is 135 cm³/mol. The van der Waals surface area contributed by atoms with Crippen LogP contribution >= 0.6 is 0 Å². The maximum absolute atomic E-state index is 12.1. The highest BCUT2D eigenvalue weighted by Crippen LogP contribution is 2.29. The van der Waals surface area contributed by atoms with Gasteiger partial charge in [-0.2, -0.15) is 0 Å². The zero-order valence-electron chi connectivity index (χ0n) is 20.3. The lowest BCUT2D eigenvalue weighted by Gasteiger charge is -2.08. The SMILES string of the molecule is CCCCCCCc1ccc(-c2ccc(CCC[C@H]3C[C@@H](CCCC)OC3=O)cc2)cc1. The number of rotatable bonds is 14. The van der Waals surface area contributed by atoms with Crippen LogP contribution in [0.25, 0.3) is 11.1 Å². The summed E-state index contributed by atoms with van der Waals surface area (Å²) in [4.78, 5) is 12.1. The average Bonchev–Trinajstić information content (AvgIpc) is 3.18. The zero-order chi connectivity index (χ0) is 22.6. The van der Waals surface area contributed by atoms with Gasteiger partial charge in [0.1, 0.15) is 6.10 Å². The summed E-state index contributed by atoms with van der Waals surface area (Å²) < 4.78 is 5.55. The number of unbranched alkanes of at least 4 members (excludes halogenated alkanes) is 5. The summed E-state index contributed by atoms with van der Waals surface area (Å²) in [6.45, 7) is 4.45. The molecule has 0 aliphatic carbocycles. The highest BCUT2D eigenvalue weighted by atomic mass is 16.5. The van der Waals surface area contributed by atoms with Gasteiger partial charge in [0.2, 0.25) is 0 Å². The molecule has 2 aromatic carbocycles. The molecule has 2 aromatic rings. The monoisotopic (exact) mass is 434 g/mol. The quantitative estimate of drug-likeness (QED) is 0.221. The first-order chi connectivity index (χ1) is 15.7. The predicted octanol–water partition coefficient (Wildman–Crippen LogP) is 8.31. The van der Waals surface area contributed by atoms with Crippen molar-refractivity contribution in [1.29, 1.82) is 0 Å². The standard InChI is InChI=1S/C30H42O2/c1-3-5-7-8-9-11-24-15-19-26(20-16-24)27-21-17-25(18-22-27)12-10-13-28-23-29(14-6-4-2)32-30(28)31/h15-22,28-29H,3-14,23H2,1-2H3/t28-,29+/m0/s1. The lowest BCUT2D eigenvalue weighted by molar-refractivity contribution is -0.144. The van der Waals surface area contributed by atoms with Gasteiger partial charge in [0.15, 0.2) is 0 Å². The molecule has 0 aromatic heterocycles. The summed E-state index contributed by atoms with van der Waals surface area (Å²) in [7, 11) is 0. The topological polar surface area (TPSA) is 26.3 Å². The van der Waals surface area contributed by atoms with Gasteiger partial charge in [0.05, 0.1) is 5.92 Å². The van der Waals surface area contributed by atoms with Crippen molar-refractivity contribution in [3.8, 4) is 11.1 Å². The summed E-state index contributed by atoms with van der Waals surface area (Å²) in [6.07, 6.45) is 15.3. The molecule has 2 atom stereocenters. The van der Waals surface area contributed by atoms with Crippen molar-refractivity contribution in [2.45, 2.75) is 103 Å². The number of esters is 1. The van der Waals surface area contributed by atoms with Crippen LogP contribution in [0.3, 0.4) is 0 Å². The first-order valence-corrected chi connectivity index (χ1v) is 13.1. The molecular weight excluding hydrogens is 392 g/mol. The van der Waals surface area contributed by atoms with E-state index < -0.39 is 0 Å². The molecule has 32 heavy (non-hydrogen) atoms. The Kier molecular flexibility index (Phi) is 10.3. The Bertz CT molecular complexity index is 791. The van der Waals surface area contributed by atoms with Crippen molar-refractivity contribution in [3.63, 3.8) is 0 Å². The van der Waals surface area contributed by atoms with E-state index in [0.717, 1.165) is 44.9 Å². The van der Waals surface area contributed by atoms with E-state index in [1.165, 1.54) is 60.8 Å². The molecule has 1 fully saturated rings. The maximum atomic E-state index is 12.1. The van der Waals surface area contributed by atoms with Gasteiger partial charge < -0.3 is 4.74 Å². The number of ether oxygens (including phenoxy) is 1. The Hall–Kier alpha value is -2.09. The average molecular weight is 435 g/mol. The number of hydrogen-bond acceptors (Lipinski definition) is 2. The molecule has 2 nitrogen and oxygen atoms in total. The van der Waals surface area contributed by atoms with Crippen molar-refractivity contribution >= 4 is 5.97 Å². The van der Waals surface area contributed by atoms with Crippen LogP contribution in [-0.2, 0) is 22.4 Å². The maximum Gasteiger partial charge on any atom is 0.309 e. The Morgan fingerprint density at radius 3 is 1.84 bits per heavy atom. The molecule has 1 aliphatic rings. The summed E-state index contributed by atoms with van der Waals surface area (Å²) in [5.74, 6) is 0.146. The summed E-state index contributed by atoms with van der Waals surface area (Å²) in [5.41, 5.74) is 5.37. The highest BCUT2D eigenvalue weighted by molar-refractivity contribution is 5.74. The van der Waals surface area contributed by atoms with Gasteiger partial charge in [-0.3, -0.25) is 4.79 Å². The van der Waals surface area contributed by atoms with Gasteiger partial charge in [-0.05, 0) is 67.2 Å². The summed E-state index contributed by atoms with van der Waals surface area (Å²) in [5, 5.41) is 0. The van der Waals surface area contributed by atoms with Crippen LogP contribution in [0.5, 0.6) is 0 Å². The Morgan fingerprint density at radius 1 is 0.688 bits per heavy atom. The molecule has 2 heteroatoms. The Labute approximate surface area is 195 Å². The second kappa shape index (κ2) is 13.5. The van der Waals surface area contributed by atoms with Crippen LogP contribution in [0.4, 0.5) is 0 Å². The number of carbonyl (C=O) groups is 1. The van der Waals surface area contributed by atoms with E-state index in [0.29, 0.717) is 0 Å². The van der Waals surface area contributed by atoms with Crippen LogP contribution in [0.15, 0.2) is 48.5 Å². The van der Waals surface area contributed by atoms with Crippen molar-refractivity contribution in [1.82, 2.24) is 0 Å². The van der Waals surface area contributed by atoms with E-state index in [1.807, 2.05) is 0 Å². The third-order valence-electron chi connectivity index (χ3n) is 6.87. The molecule has 0 radical (unpaired) electrons. The molecule has 0 bridgehead atoms. The molecule has 0 unspecified atom stereocenters. The van der Waals surface area contributed by atoms with Crippen LogP contribution in [0.2, 0.25) is 0 Å². The minimum Gasteiger partial charge on any atom is -0.462 e. The number of aryl methyl sites for hydroxylation is 2. The van der Waals surface area contributed by atoms with E-state index >= 15 is 0 Å². The van der Waals surface area contributed by atoms with E-state index in [2.05, 4.69) is 62.4 Å². The molecule has 3 rings (SSSR count). The van der Waals surface area contributed by atoms with Gasteiger partial charge >= 0.3 is 5.97 Å². The van der Waals surface area contributed by atoms with Crippen molar-refractivity contribution in [2.24, 2.45) is 5.92 Å². The minimum absolute atomic E-state index is 0.0332. The molecule has 1 saturated heterocycles. The Morgan fingerprint density at radius 2 is 1.25 bits per heavy atom. The van der Waals surface area contributed by atoms with Gasteiger partial charge in [-0.25, -0.2) is 0 Å². The van der Waals surface area contributed by atoms with Crippen LogP contribution in [0, 0.1) is 5.92 Å². The van der Waals surface area contributed by atoms with Crippen LogP contribution in [-0.4, -0.2) is 12.1 Å². The third kappa shape index (κ3) is 7.80. The minimum atomic E-state index is 0.0332. The van der Waals surface area contributed by atoms with E-state index in [4.69, 9.17) is 4.74 Å². The van der Waals surface area contributed by atoms with E-state index in [1.54, 1.807) is 0 Å². The van der Waals surface area contributed by atoms with Crippen molar-refractivity contribution in [3.05, 3.63) is 59.7 Å². The second-order valence-electron chi connectivity index (χ2n) is 9.58. The molecule has 0 spiro atoms. The lowest BCUT2D eigenvalue weighted by Crippen LogP contribution is -2.07. The van der Waals surface area contributed by atoms with E-state index in [9.17, 15) is 4.79 Å². The smallest absolute Gasteiger partial charge is 0.309 e. The van der Waals surface area contributed by atoms with Crippen molar-refractivity contribution in [2.75, 3.05) is 0 Å². The number of carbonyl (C=O) groups excluding carboxylic acids is 1. The fourth-order valence-electron chi connectivity index (χ4n) is 4.78. The Balaban J connectivity index is 1.40. The molecule has 0 amide bonds. The molecule has 0 saturated carbocycles. The van der Waals surface area contributed by atoms with Crippen LogP contribution in [0.1, 0.15) is 95.6 Å². The number of benzene rings is 2. The van der Waals surface area contributed by atoms with Crippen molar-refractivity contribution < 1.29 is 9.53 Å². The fourth-order valence-corrected chi connectivity index (χ4v) is 4.78. The number of cyclic esters (lactones) is 1. The van der Waals surface area contributed by atoms with Gasteiger partial charge in [-0.15, -0.1) is 0 Å². The van der Waals surface area contributed by atoms with Gasteiger partial charge in [-0.1, -0.05) is 101 Å². The molecule has 1 heterocycles. The fraction of sp³-hybridized carbons (Fsp3) is 0.567. The normalized spacial score (nSPS) is 18.1. The molecule has 1 aliphatic heterocycles. The van der Waals surface area contributed by atoms with Crippen LogP contribution < -0.4 is 0 Å². The molecule has 0 N–H and O–H groups in total. The third-order valence-corrected chi connectivity index (χ3v) is 6.87. The largest absolute Gasteiger partial charge is 0.462 e. The van der Waals surface area contributed by atoms with Gasteiger partial charge in [0, 0.05) is 0 Å². The number of hydrogen-bond donors (Lipinski definition) is 0. The lowest BCUT2D eigenvalue weighted by atomic mass is 9.94.